The molecule has 4 heteroatoms. The topological polar surface area (TPSA) is 51.4 Å². The third-order valence-corrected chi connectivity index (χ3v) is 3.86. The van der Waals surface area contributed by atoms with Crippen LogP contribution in [0.5, 0.6) is 0 Å². The molecule has 6 atom stereocenters. The third kappa shape index (κ3) is 0.559. The van der Waals surface area contributed by atoms with Gasteiger partial charge in [0.05, 0.1) is 13.2 Å². The number of rotatable bonds is 1. The van der Waals surface area contributed by atoms with E-state index < -0.39 is 5.60 Å². The second kappa shape index (κ2) is 1.64. The summed E-state index contributed by atoms with van der Waals surface area (Å²) in [5.41, 5.74) is -0.586. The van der Waals surface area contributed by atoms with Crippen molar-refractivity contribution in [2.24, 2.45) is 11.8 Å². The van der Waals surface area contributed by atoms with E-state index in [9.17, 15) is 4.79 Å². The fraction of sp³-hybridized carbons (Fsp3) is 0.889. The van der Waals surface area contributed by atoms with E-state index >= 15 is 0 Å². The molecule has 2 aliphatic carbocycles. The fourth-order valence-corrected chi connectivity index (χ4v) is 3.06. The summed E-state index contributed by atoms with van der Waals surface area (Å²) in [7, 11) is 1.42. The highest BCUT2D eigenvalue weighted by molar-refractivity contribution is 5.85. The van der Waals surface area contributed by atoms with Crippen molar-refractivity contribution in [1.82, 2.24) is 0 Å². The van der Waals surface area contributed by atoms with Crippen molar-refractivity contribution in [2.75, 3.05) is 7.11 Å². The predicted octanol–water partition coefficient (Wildman–Crippen LogP) is -0.286. The van der Waals surface area contributed by atoms with Crippen molar-refractivity contribution < 1.29 is 19.0 Å². The molecule has 70 valence electrons. The molecule has 2 aliphatic heterocycles. The van der Waals surface area contributed by atoms with Crippen LogP contribution in [0.25, 0.3) is 0 Å². The van der Waals surface area contributed by atoms with Gasteiger partial charge in [0.1, 0.15) is 12.2 Å². The number of esters is 1. The van der Waals surface area contributed by atoms with Gasteiger partial charge in [0.2, 0.25) is 0 Å². The quantitative estimate of drug-likeness (QED) is 0.413. The minimum Gasteiger partial charge on any atom is -0.467 e. The summed E-state index contributed by atoms with van der Waals surface area (Å²) < 4.78 is 15.8. The van der Waals surface area contributed by atoms with E-state index in [1.54, 1.807) is 0 Å². The zero-order valence-corrected chi connectivity index (χ0v) is 7.23. The largest absolute Gasteiger partial charge is 0.467 e. The first-order valence-corrected chi connectivity index (χ1v) is 4.70. The van der Waals surface area contributed by atoms with Crippen molar-refractivity contribution in [2.45, 2.75) is 30.3 Å². The molecule has 2 heterocycles. The number of fused-ring (bicyclic) bond motifs is 6. The molecule has 6 unspecified atom stereocenters. The van der Waals surface area contributed by atoms with E-state index in [4.69, 9.17) is 14.2 Å². The van der Waals surface area contributed by atoms with Crippen molar-refractivity contribution in [3.63, 3.8) is 0 Å². The molecule has 13 heavy (non-hydrogen) atoms. The van der Waals surface area contributed by atoms with Gasteiger partial charge in [0, 0.05) is 5.92 Å². The summed E-state index contributed by atoms with van der Waals surface area (Å²) in [6.07, 6.45) is 1.68. The van der Waals surface area contributed by atoms with Gasteiger partial charge in [-0.2, -0.15) is 0 Å². The van der Waals surface area contributed by atoms with Crippen molar-refractivity contribution in [3.8, 4) is 0 Å². The summed E-state index contributed by atoms with van der Waals surface area (Å²) in [4.78, 5) is 11.5. The van der Waals surface area contributed by atoms with Gasteiger partial charge in [-0.05, 0) is 12.3 Å². The van der Waals surface area contributed by atoms with Gasteiger partial charge in [0.25, 0.3) is 0 Å². The van der Waals surface area contributed by atoms with E-state index in [0.29, 0.717) is 17.9 Å². The molecule has 0 aromatic rings. The average molecular weight is 182 g/mol. The standard InChI is InChI=1S/C9H10O4/c1-11-8(10)9-4-2-3(4)5-6(12-5)7(9)13-9/h3-7H,2H2,1H3. The molecule has 0 aromatic heterocycles. The molecular formula is C9H10O4. The molecule has 0 radical (unpaired) electrons. The van der Waals surface area contributed by atoms with Crippen LogP contribution in [0.4, 0.5) is 0 Å². The number of methoxy groups -OCH3 is 1. The first-order valence-electron chi connectivity index (χ1n) is 4.70. The van der Waals surface area contributed by atoms with Gasteiger partial charge in [-0.15, -0.1) is 0 Å². The first-order chi connectivity index (χ1) is 6.29. The summed E-state index contributed by atoms with van der Waals surface area (Å²) >= 11 is 0. The monoisotopic (exact) mass is 182 g/mol. The van der Waals surface area contributed by atoms with Crippen LogP contribution in [-0.4, -0.2) is 37.0 Å². The molecule has 4 aliphatic rings. The van der Waals surface area contributed by atoms with Crippen LogP contribution in [0.1, 0.15) is 6.42 Å². The summed E-state index contributed by atoms with van der Waals surface area (Å²) in [6, 6.07) is 0. The maximum Gasteiger partial charge on any atom is 0.341 e. The van der Waals surface area contributed by atoms with Gasteiger partial charge in [-0.1, -0.05) is 0 Å². The van der Waals surface area contributed by atoms with Crippen LogP contribution in [0.15, 0.2) is 0 Å². The van der Waals surface area contributed by atoms with Crippen LogP contribution in [0, 0.1) is 11.8 Å². The lowest BCUT2D eigenvalue weighted by Crippen LogP contribution is -2.36. The second-order valence-electron chi connectivity index (χ2n) is 4.39. The Balaban J connectivity index is 1.73. The normalized spacial score (nSPS) is 64.2. The van der Waals surface area contributed by atoms with Crippen molar-refractivity contribution in [3.05, 3.63) is 0 Å². The third-order valence-electron chi connectivity index (χ3n) is 3.86. The highest BCUT2D eigenvalue weighted by Gasteiger charge is 2.86. The van der Waals surface area contributed by atoms with E-state index in [1.807, 2.05) is 0 Å². The highest BCUT2D eigenvalue weighted by Crippen LogP contribution is 2.70. The molecule has 2 saturated carbocycles. The lowest BCUT2D eigenvalue weighted by molar-refractivity contribution is -0.148. The molecule has 0 amide bonds. The van der Waals surface area contributed by atoms with Crippen LogP contribution in [-0.2, 0) is 19.0 Å². The number of ether oxygens (including phenoxy) is 3. The van der Waals surface area contributed by atoms with Crippen molar-refractivity contribution in [1.29, 1.82) is 0 Å². The Bertz CT molecular complexity index is 305. The number of hydrogen-bond donors (Lipinski definition) is 0. The summed E-state index contributed by atoms with van der Waals surface area (Å²) in [5.74, 6) is 0.760. The summed E-state index contributed by atoms with van der Waals surface area (Å²) in [6.45, 7) is 0. The van der Waals surface area contributed by atoms with Gasteiger partial charge in [-0.3, -0.25) is 0 Å². The molecule has 0 spiro atoms. The second-order valence-corrected chi connectivity index (χ2v) is 4.39. The Morgan fingerprint density at radius 1 is 1.54 bits per heavy atom. The molecule has 4 nitrogen and oxygen atoms in total. The maximum absolute atomic E-state index is 11.5. The van der Waals surface area contributed by atoms with E-state index in [1.165, 1.54) is 7.11 Å². The molecule has 2 saturated heterocycles. The van der Waals surface area contributed by atoms with Crippen molar-refractivity contribution >= 4 is 5.97 Å². The van der Waals surface area contributed by atoms with Gasteiger partial charge in [0.15, 0.2) is 5.60 Å². The van der Waals surface area contributed by atoms with Crippen LogP contribution >= 0.6 is 0 Å². The summed E-state index contributed by atoms with van der Waals surface area (Å²) in [5, 5.41) is 0. The zero-order chi connectivity index (χ0) is 8.79. The molecule has 0 bridgehead atoms. The van der Waals surface area contributed by atoms with E-state index in [-0.39, 0.29) is 18.2 Å². The van der Waals surface area contributed by atoms with Gasteiger partial charge >= 0.3 is 5.97 Å². The molecular weight excluding hydrogens is 172 g/mol. The minimum atomic E-state index is -0.586. The minimum absolute atomic E-state index is 0.00806. The van der Waals surface area contributed by atoms with Gasteiger partial charge < -0.3 is 14.2 Å². The van der Waals surface area contributed by atoms with Gasteiger partial charge in [-0.25, -0.2) is 4.79 Å². The average Bonchev–Trinajstić information content (AvgIpc) is 2.97. The molecule has 4 rings (SSSR count). The molecule has 0 aromatic carbocycles. The molecule has 4 fully saturated rings. The molecule has 0 N–H and O–H groups in total. The van der Waals surface area contributed by atoms with Crippen LogP contribution in [0.3, 0.4) is 0 Å². The smallest absolute Gasteiger partial charge is 0.341 e. The lowest BCUT2D eigenvalue weighted by Gasteiger charge is -2.11. The fourth-order valence-electron chi connectivity index (χ4n) is 3.06. The Morgan fingerprint density at radius 2 is 2.38 bits per heavy atom. The Labute approximate surface area is 75.1 Å². The first kappa shape index (κ1) is 6.79. The van der Waals surface area contributed by atoms with Crippen LogP contribution in [0.2, 0.25) is 0 Å². The number of epoxide rings is 2. The van der Waals surface area contributed by atoms with E-state index in [0.717, 1.165) is 6.42 Å². The zero-order valence-electron chi connectivity index (χ0n) is 7.23. The lowest BCUT2D eigenvalue weighted by atomic mass is 9.89. The number of carbonyl (C=O) groups is 1. The maximum atomic E-state index is 11.5. The Morgan fingerprint density at radius 3 is 3.15 bits per heavy atom. The number of hydrogen-bond acceptors (Lipinski definition) is 4. The van der Waals surface area contributed by atoms with E-state index in [2.05, 4.69) is 0 Å². The number of carbonyl (C=O) groups excluding carboxylic acids is 1. The van der Waals surface area contributed by atoms with Crippen LogP contribution < -0.4 is 0 Å². The SMILES string of the molecule is COC(=O)C12OC1C1OC1C1CC12. The Hall–Kier alpha value is -0.610. The Kier molecular flexibility index (Phi) is 0.856. The highest BCUT2D eigenvalue weighted by atomic mass is 16.7. The predicted molar refractivity (Wildman–Crippen MR) is 39.9 cm³/mol.